The lowest BCUT2D eigenvalue weighted by atomic mass is 10.1. The fraction of sp³-hybridized carbons (Fsp3) is 0.800. The highest BCUT2D eigenvalue weighted by Gasteiger charge is 2.21. The Kier molecular flexibility index (Phi) is 5.93. The molecule has 1 amide bonds. The number of aliphatic carboxylic acids is 1. The molecule has 0 aliphatic carbocycles. The van der Waals surface area contributed by atoms with Crippen molar-refractivity contribution in [3.8, 4) is 0 Å². The van der Waals surface area contributed by atoms with Crippen molar-refractivity contribution in [2.75, 3.05) is 0 Å². The number of primary amides is 1. The molecular formula is C10H19NO4. The van der Waals surface area contributed by atoms with Gasteiger partial charge in [0.05, 0.1) is 12.5 Å². The number of rotatable bonds is 7. The molecule has 3 N–H and O–H groups in total. The van der Waals surface area contributed by atoms with Gasteiger partial charge in [-0.15, -0.1) is 0 Å². The zero-order valence-corrected chi connectivity index (χ0v) is 9.40. The van der Waals surface area contributed by atoms with Crippen LogP contribution in [0, 0.1) is 5.92 Å². The van der Waals surface area contributed by atoms with Gasteiger partial charge >= 0.3 is 5.97 Å². The van der Waals surface area contributed by atoms with E-state index in [9.17, 15) is 9.59 Å². The SMILES string of the molecule is CC(C)CC(OC(C)CC(=O)O)C(N)=O. The standard InChI is InChI=1S/C10H19NO4/c1-6(2)4-8(10(11)14)15-7(3)5-9(12)13/h6-8H,4-5H2,1-3H3,(H2,11,14)(H,12,13). The third-order valence-electron chi connectivity index (χ3n) is 1.86. The van der Waals surface area contributed by atoms with Gasteiger partial charge in [-0.1, -0.05) is 13.8 Å². The van der Waals surface area contributed by atoms with Crippen molar-refractivity contribution >= 4 is 11.9 Å². The molecule has 5 heteroatoms. The van der Waals surface area contributed by atoms with E-state index in [0.717, 1.165) is 0 Å². The molecule has 15 heavy (non-hydrogen) atoms. The van der Waals surface area contributed by atoms with Crippen LogP contribution in [0.3, 0.4) is 0 Å². The molecule has 2 unspecified atom stereocenters. The summed E-state index contributed by atoms with van der Waals surface area (Å²) in [5.74, 6) is -1.21. The van der Waals surface area contributed by atoms with Crippen LogP contribution in [-0.2, 0) is 14.3 Å². The van der Waals surface area contributed by atoms with Crippen LogP contribution in [0.4, 0.5) is 0 Å². The predicted octanol–water partition coefficient (Wildman–Crippen LogP) is 0.766. The summed E-state index contributed by atoms with van der Waals surface area (Å²) in [5.41, 5.74) is 5.15. The first-order valence-electron chi connectivity index (χ1n) is 4.99. The summed E-state index contributed by atoms with van der Waals surface area (Å²) >= 11 is 0. The van der Waals surface area contributed by atoms with Gasteiger partial charge in [0.25, 0.3) is 0 Å². The zero-order chi connectivity index (χ0) is 12.0. The smallest absolute Gasteiger partial charge is 0.305 e. The molecule has 0 aliphatic heterocycles. The Morgan fingerprint density at radius 1 is 1.33 bits per heavy atom. The lowest BCUT2D eigenvalue weighted by Crippen LogP contribution is -2.35. The van der Waals surface area contributed by atoms with Crippen molar-refractivity contribution in [1.82, 2.24) is 0 Å². The van der Waals surface area contributed by atoms with Gasteiger partial charge in [0, 0.05) is 0 Å². The van der Waals surface area contributed by atoms with Gasteiger partial charge in [0.1, 0.15) is 6.10 Å². The van der Waals surface area contributed by atoms with Gasteiger partial charge in [0.2, 0.25) is 5.91 Å². The monoisotopic (exact) mass is 217 g/mol. The fourth-order valence-corrected chi connectivity index (χ4v) is 1.24. The molecule has 0 spiro atoms. The van der Waals surface area contributed by atoms with E-state index in [2.05, 4.69) is 0 Å². The Morgan fingerprint density at radius 3 is 2.20 bits per heavy atom. The van der Waals surface area contributed by atoms with Crippen LogP contribution < -0.4 is 5.73 Å². The molecule has 0 rings (SSSR count). The molecule has 0 saturated carbocycles. The highest BCUT2D eigenvalue weighted by atomic mass is 16.5. The first-order chi connectivity index (χ1) is 6.82. The van der Waals surface area contributed by atoms with E-state index < -0.39 is 24.1 Å². The second kappa shape index (κ2) is 6.40. The second-order valence-electron chi connectivity index (χ2n) is 4.07. The van der Waals surface area contributed by atoms with E-state index in [1.807, 2.05) is 13.8 Å². The van der Waals surface area contributed by atoms with E-state index in [-0.39, 0.29) is 12.3 Å². The molecule has 0 aromatic rings. The van der Waals surface area contributed by atoms with Crippen LogP contribution in [0.15, 0.2) is 0 Å². The molecular weight excluding hydrogens is 198 g/mol. The molecule has 0 radical (unpaired) electrons. The lowest BCUT2D eigenvalue weighted by molar-refractivity contribution is -0.145. The van der Waals surface area contributed by atoms with Crippen molar-refractivity contribution in [3.63, 3.8) is 0 Å². The highest BCUT2D eigenvalue weighted by molar-refractivity contribution is 5.78. The summed E-state index contributed by atoms with van der Waals surface area (Å²) in [7, 11) is 0. The molecule has 0 saturated heterocycles. The van der Waals surface area contributed by atoms with E-state index in [0.29, 0.717) is 6.42 Å². The minimum Gasteiger partial charge on any atom is -0.481 e. The average Bonchev–Trinajstić information content (AvgIpc) is 1.99. The maximum Gasteiger partial charge on any atom is 0.305 e. The van der Waals surface area contributed by atoms with Crippen LogP contribution in [0.1, 0.15) is 33.6 Å². The highest BCUT2D eigenvalue weighted by Crippen LogP contribution is 2.11. The van der Waals surface area contributed by atoms with Crippen LogP contribution >= 0.6 is 0 Å². The zero-order valence-electron chi connectivity index (χ0n) is 9.40. The maximum absolute atomic E-state index is 11.0. The fourth-order valence-electron chi connectivity index (χ4n) is 1.24. The normalized spacial score (nSPS) is 14.9. The molecule has 5 nitrogen and oxygen atoms in total. The molecule has 88 valence electrons. The van der Waals surface area contributed by atoms with E-state index >= 15 is 0 Å². The Morgan fingerprint density at radius 2 is 1.87 bits per heavy atom. The molecule has 0 fully saturated rings. The van der Waals surface area contributed by atoms with E-state index in [1.165, 1.54) is 0 Å². The topological polar surface area (TPSA) is 89.6 Å². The third-order valence-corrected chi connectivity index (χ3v) is 1.86. The molecule has 0 aliphatic rings. The second-order valence-corrected chi connectivity index (χ2v) is 4.07. The van der Waals surface area contributed by atoms with Crippen LogP contribution in [0.5, 0.6) is 0 Å². The van der Waals surface area contributed by atoms with Crippen LogP contribution in [-0.4, -0.2) is 29.2 Å². The number of carbonyl (C=O) groups excluding carboxylic acids is 1. The van der Waals surface area contributed by atoms with Gasteiger partial charge in [-0.05, 0) is 19.3 Å². The number of hydrogen-bond donors (Lipinski definition) is 2. The average molecular weight is 217 g/mol. The van der Waals surface area contributed by atoms with Crippen molar-refractivity contribution in [2.45, 2.75) is 45.8 Å². The maximum atomic E-state index is 11.0. The number of ether oxygens (including phenoxy) is 1. The van der Waals surface area contributed by atoms with Crippen molar-refractivity contribution in [3.05, 3.63) is 0 Å². The summed E-state index contributed by atoms with van der Waals surface area (Å²) < 4.78 is 5.28. The number of carboxylic acids is 1. The first-order valence-corrected chi connectivity index (χ1v) is 4.99. The molecule has 0 bridgehead atoms. The van der Waals surface area contributed by atoms with Crippen molar-refractivity contribution < 1.29 is 19.4 Å². The number of amides is 1. The summed E-state index contributed by atoms with van der Waals surface area (Å²) in [5, 5.41) is 8.52. The van der Waals surface area contributed by atoms with Crippen LogP contribution in [0.2, 0.25) is 0 Å². The minimum atomic E-state index is -0.949. The van der Waals surface area contributed by atoms with Crippen molar-refractivity contribution in [1.29, 1.82) is 0 Å². The summed E-state index contributed by atoms with van der Waals surface area (Å²) in [4.78, 5) is 21.4. The van der Waals surface area contributed by atoms with Gasteiger partial charge in [-0.25, -0.2) is 0 Å². The third kappa shape index (κ3) is 6.90. The number of carbonyl (C=O) groups is 2. The summed E-state index contributed by atoms with van der Waals surface area (Å²) in [6.07, 6.45) is -0.806. The molecule has 0 aromatic heterocycles. The van der Waals surface area contributed by atoms with Gasteiger partial charge in [0.15, 0.2) is 0 Å². The number of hydrogen-bond acceptors (Lipinski definition) is 3. The summed E-state index contributed by atoms with van der Waals surface area (Å²) in [6.45, 7) is 5.51. The molecule has 0 heterocycles. The predicted molar refractivity (Wildman–Crippen MR) is 55.2 cm³/mol. The molecule has 2 atom stereocenters. The Hall–Kier alpha value is -1.10. The first kappa shape index (κ1) is 13.9. The van der Waals surface area contributed by atoms with Gasteiger partial charge in [-0.3, -0.25) is 9.59 Å². The molecule has 0 aromatic carbocycles. The Balaban J connectivity index is 4.16. The van der Waals surface area contributed by atoms with Gasteiger partial charge in [-0.2, -0.15) is 0 Å². The Bertz CT molecular complexity index is 227. The van der Waals surface area contributed by atoms with Crippen LogP contribution in [0.25, 0.3) is 0 Å². The summed E-state index contributed by atoms with van der Waals surface area (Å²) in [6, 6.07) is 0. The quantitative estimate of drug-likeness (QED) is 0.659. The van der Waals surface area contributed by atoms with E-state index in [4.69, 9.17) is 15.6 Å². The lowest BCUT2D eigenvalue weighted by Gasteiger charge is -2.20. The van der Waals surface area contributed by atoms with E-state index in [1.54, 1.807) is 6.92 Å². The number of carboxylic acid groups (broad SMARTS) is 1. The Labute approximate surface area is 89.6 Å². The minimum absolute atomic E-state index is 0.123. The number of nitrogens with two attached hydrogens (primary N) is 1. The largest absolute Gasteiger partial charge is 0.481 e. The van der Waals surface area contributed by atoms with Gasteiger partial charge < -0.3 is 15.6 Å². The van der Waals surface area contributed by atoms with Crippen molar-refractivity contribution in [2.24, 2.45) is 11.7 Å².